The van der Waals surface area contributed by atoms with Gasteiger partial charge in [-0.2, -0.15) is 0 Å². The van der Waals surface area contributed by atoms with Crippen LogP contribution in [0.3, 0.4) is 0 Å². The Morgan fingerprint density at radius 2 is 2.04 bits per heavy atom. The first-order valence-electron chi connectivity index (χ1n) is 8.47. The third-order valence-corrected chi connectivity index (χ3v) is 4.69. The molecule has 1 aromatic carbocycles. The van der Waals surface area contributed by atoms with Gasteiger partial charge in [0.15, 0.2) is 0 Å². The van der Waals surface area contributed by atoms with Gasteiger partial charge in [0.2, 0.25) is 10.0 Å². The van der Waals surface area contributed by atoms with Gasteiger partial charge in [0.05, 0.1) is 6.26 Å². The van der Waals surface area contributed by atoms with Crippen molar-refractivity contribution >= 4 is 21.7 Å². The minimum Gasteiger partial charge on any atom is -0.424 e. The molecule has 0 aliphatic carbocycles. The van der Waals surface area contributed by atoms with Crippen molar-refractivity contribution in [3.63, 3.8) is 0 Å². The highest BCUT2D eigenvalue weighted by molar-refractivity contribution is 7.88. The lowest BCUT2D eigenvalue weighted by atomic mass is 10.1. The van der Waals surface area contributed by atoms with Crippen molar-refractivity contribution in [2.45, 2.75) is 18.9 Å². The molecule has 0 bridgehead atoms. The topological polar surface area (TPSA) is 114 Å². The number of hydrogen-bond acceptors (Lipinski definition) is 6. The molecule has 0 saturated carbocycles. The summed E-state index contributed by atoms with van der Waals surface area (Å²) in [5.74, 6) is 0.495. The maximum atomic E-state index is 12.5. The van der Waals surface area contributed by atoms with Gasteiger partial charge in [0.25, 0.3) is 0 Å². The highest BCUT2D eigenvalue weighted by Crippen LogP contribution is 2.22. The summed E-state index contributed by atoms with van der Waals surface area (Å²) in [6, 6.07) is 8.24. The van der Waals surface area contributed by atoms with Crippen LogP contribution in [-0.4, -0.2) is 54.7 Å². The monoisotopic (exact) mass is 391 g/mol. The summed E-state index contributed by atoms with van der Waals surface area (Å²) >= 11 is 0. The number of nitrogens with one attached hydrogen (secondary N) is 2. The molecule has 2 amide bonds. The fourth-order valence-electron chi connectivity index (χ4n) is 2.84. The van der Waals surface area contributed by atoms with Crippen LogP contribution in [0, 0.1) is 0 Å². The second kappa shape index (κ2) is 8.31. The van der Waals surface area contributed by atoms with E-state index in [4.69, 9.17) is 4.74 Å². The van der Waals surface area contributed by atoms with E-state index in [0.717, 1.165) is 12.7 Å². The summed E-state index contributed by atoms with van der Waals surface area (Å²) < 4.78 is 30.9. The molecule has 9 nitrogen and oxygen atoms in total. The molecule has 1 aromatic heterocycles. The predicted octanol–water partition coefficient (Wildman–Crippen LogP) is 1.81. The minimum absolute atomic E-state index is 0.215. The average molecular weight is 391 g/mol. The van der Waals surface area contributed by atoms with Crippen molar-refractivity contribution in [3.05, 3.63) is 42.7 Å². The van der Waals surface area contributed by atoms with Gasteiger partial charge in [-0.05, 0) is 31.0 Å². The average Bonchev–Trinajstić information content (AvgIpc) is 2.62. The Hall–Kier alpha value is -2.72. The Kier molecular flexibility index (Phi) is 5.87. The van der Waals surface area contributed by atoms with Gasteiger partial charge in [-0.15, -0.1) is 0 Å². The summed E-state index contributed by atoms with van der Waals surface area (Å²) in [7, 11) is -3.30. The van der Waals surface area contributed by atoms with E-state index < -0.39 is 10.0 Å². The summed E-state index contributed by atoms with van der Waals surface area (Å²) in [5, 5.41) is 2.81. The van der Waals surface area contributed by atoms with Crippen LogP contribution in [0.2, 0.25) is 0 Å². The van der Waals surface area contributed by atoms with E-state index in [1.165, 1.54) is 0 Å². The lowest BCUT2D eigenvalue weighted by molar-refractivity contribution is 0.190. The molecule has 1 saturated heterocycles. The van der Waals surface area contributed by atoms with Crippen LogP contribution >= 0.6 is 0 Å². The Labute approximate surface area is 157 Å². The highest BCUT2D eigenvalue weighted by Gasteiger charge is 2.25. The van der Waals surface area contributed by atoms with Gasteiger partial charge in [-0.1, -0.05) is 6.07 Å². The van der Waals surface area contributed by atoms with Crippen LogP contribution in [0.15, 0.2) is 42.7 Å². The van der Waals surface area contributed by atoms with Crippen molar-refractivity contribution in [2.24, 2.45) is 0 Å². The first kappa shape index (κ1) is 19.1. The SMILES string of the molecule is CS(=O)(=O)NC1CCCN(C(=O)Nc2cccc(Oc3ncccn3)c2)C1. The maximum Gasteiger partial charge on any atom is 0.321 e. The molecule has 27 heavy (non-hydrogen) atoms. The number of rotatable bonds is 5. The quantitative estimate of drug-likeness (QED) is 0.804. The van der Waals surface area contributed by atoms with Crippen LogP contribution in [0.5, 0.6) is 11.8 Å². The summed E-state index contributed by atoms with van der Waals surface area (Å²) in [4.78, 5) is 22.1. The summed E-state index contributed by atoms with van der Waals surface area (Å²) in [6.45, 7) is 0.898. The molecule has 0 spiro atoms. The van der Waals surface area contributed by atoms with Gasteiger partial charge in [0, 0.05) is 43.3 Å². The van der Waals surface area contributed by atoms with Crippen LogP contribution in [-0.2, 0) is 10.0 Å². The fraction of sp³-hybridized carbons (Fsp3) is 0.353. The maximum absolute atomic E-state index is 12.5. The third-order valence-electron chi connectivity index (χ3n) is 3.93. The number of amides is 2. The Bertz CT molecular complexity index is 891. The minimum atomic E-state index is -3.30. The summed E-state index contributed by atoms with van der Waals surface area (Å²) in [5.41, 5.74) is 0.562. The lowest BCUT2D eigenvalue weighted by Gasteiger charge is -2.32. The molecule has 3 rings (SSSR count). The number of aromatic nitrogens is 2. The number of carbonyl (C=O) groups excluding carboxylic acids is 1. The van der Waals surface area contributed by atoms with Crippen LogP contribution < -0.4 is 14.8 Å². The third kappa shape index (κ3) is 5.90. The van der Waals surface area contributed by atoms with Crippen molar-refractivity contribution < 1.29 is 17.9 Å². The molecule has 1 unspecified atom stereocenters. The van der Waals surface area contributed by atoms with Gasteiger partial charge in [-0.25, -0.2) is 27.9 Å². The summed E-state index contributed by atoms with van der Waals surface area (Å²) in [6.07, 6.45) is 5.71. The van der Waals surface area contributed by atoms with Gasteiger partial charge in [0.1, 0.15) is 5.75 Å². The van der Waals surface area contributed by atoms with E-state index in [-0.39, 0.29) is 18.1 Å². The van der Waals surface area contributed by atoms with E-state index in [1.54, 1.807) is 47.6 Å². The molecular formula is C17H21N5O4S. The Morgan fingerprint density at radius 1 is 1.26 bits per heavy atom. The zero-order chi connectivity index (χ0) is 19.3. The number of carbonyl (C=O) groups is 1. The predicted molar refractivity (Wildman–Crippen MR) is 100 cm³/mol. The standard InChI is InChI=1S/C17H21N5O4S/c1-27(24,25)21-14-6-3-10-22(12-14)17(23)20-13-5-2-7-15(11-13)26-16-18-8-4-9-19-16/h2,4-5,7-9,11,14,21H,3,6,10,12H2,1H3,(H,20,23). The van der Waals surface area contributed by atoms with E-state index in [0.29, 0.717) is 30.9 Å². The number of sulfonamides is 1. The van der Waals surface area contributed by atoms with E-state index >= 15 is 0 Å². The van der Waals surface area contributed by atoms with E-state index in [1.807, 2.05) is 0 Å². The molecule has 1 aliphatic heterocycles. The smallest absolute Gasteiger partial charge is 0.321 e. The largest absolute Gasteiger partial charge is 0.424 e. The molecule has 2 aromatic rings. The van der Waals surface area contributed by atoms with Gasteiger partial charge < -0.3 is 15.0 Å². The number of urea groups is 1. The van der Waals surface area contributed by atoms with Gasteiger partial charge in [-0.3, -0.25) is 0 Å². The molecule has 10 heteroatoms. The number of nitrogens with zero attached hydrogens (tertiary/aromatic N) is 3. The number of ether oxygens (including phenoxy) is 1. The van der Waals surface area contributed by atoms with Crippen molar-refractivity contribution in [1.82, 2.24) is 19.6 Å². The van der Waals surface area contributed by atoms with Crippen molar-refractivity contribution in [1.29, 1.82) is 0 Å². The van der Waals surface area contributed by atoms with Crippen LogP contribution in [0.4, 0.5) is 10.5 Å². The zero-order valence-electron chi connectivity index (χ0n) is 14.8. The van der Waals surface area contributed by atoms with Crippen LogP contribution in [0.1, 0.15) is 12.8 Å². The van der Waals surface area contributed by atoms with E-state index in [9.17, 15) is 13.2 Å². The van der Waals surface area contributed by atoms with Crippen molar-refractivity contribution in [2.75, 3.05) is 24.7 Å². The first-order valence-corrected chi connectivity index (χ1v) is 10.4. The van der Waals surface area contributed by atoms with Crippen molar-refractivity contribution in [3.8, 4) is 11.8 Å². The molecule has 0 radical (unpaired) electrons. The number of likely N-dealkylation sites (tertiary alicyclic amines) is 1. The number of hydrogen-bond donors (Lipinski definition) is 2. The highest BCUT2D eigenvalue weighted by atomic mass is 32.2. The fourth-order valence-corrected chi connectivity index (χ4v) is 3.64. The molecule has 144 valence electrons. The van der Waals surface area contributed by atoms with Gasteiger partial charge >= 0.3 is 12.0 Å². The number of anilines is 1. The molecular weight excluding hydrogens is 370 g/mol. The molecule has 2 N–H and O–H groups in total. The normalized spacial score (nSPS) is 17.4. The zero-order valence-corrected chi connectivity index (χ0v) is 15.6. The molecule has 1 atom stereocenters. The second-order valence-corrected chi connectivity index (χ2v) is 8.05. The molecule has 1 aliphatic rings. The molecule has 2 heterocycles. The second-order valence-electron chi connectivity index (χ2n) is 6.27. The molecule has 1 fully saturated rings. The lowest BCUT2D eigenvalue weighted by Crippen LogP contribution is -2.50. The Morgan fingerprint density at radius 3 is 2.78 bits per heavy atom. The number of piperidine rings is 1. The van der Waals surface area contributed by atoms with Crippen LogP contribution in [0.25, 0.3) is 0 Å². The number of benzene rings is 1. The Balaban J connectivity index is 1.61. The van der Waals surface area contributed by atoms with E-state index in [2.05, 4.69) is 20.0 Å². The first-order chi connectivity index (χ1) is 12.9.